The molecule has 0 aliphatic rings. The largest absolute Gasteiger partial charge is 0.493 e. The van der Waals surface area contributed by atoms with E-state index in [1.54, 1.807) is 26.5 Å². The summed E-state index contributed by atoms with van der Waals surface area (Å²) in [5, 5.41) is 10.6. The average Bonchev–Trinajstić information content (AvgIpc) is 2.94. The molecular formula is C15H20N2O3. The van der Waals surface area contributed by atoms with Crippen molar-refractivity contribution in [1.82, 2.24) is 9.55 Å². The number of hydrogen-bond donors (Lipinski definition) is 1. The number of benzene rings is 1. The molecule has 1 unspecified atom stereocenters. The molecule has 0 aliphatic heterocycles. The summed E-state index contributed by atoms with van der Waals surface area (Å²) >= 11 is 0. The monoisotopic (exact) mass is 276 g/mol. The van der Waals surface area contributed by atoms with Crippen molar-refractivity contribution in [2.24, 2.45) is 0 Å². The molecule has 0 saturated carbocycles. The van der Waals surface area contributed by atoms with E-state index in [1.807, 2.05) is 22.9 Å². The van der Waals surface area contributed by atoms with Crippen molar-refractivity contribution in [3.63, 3.8) is 0 Å². The fourth-order valence-electron chi connectivity index (χ4n) is 2.26. The standard InChI is InChI=1S/C15H20N2O3/c1-4-9-17-10-8-16-15(17)13(18)11-6-5-7-12(19-2)14(11)20-3/h5-8,10,13,18H,4,9H2,1-3H3. The molecule has 1 heterocycles. The van der Waals surface area contributed by atoms with Gasteiger partial charge in [-0.1, -0.05) is 19.1 Å². The minimum absolute atomic E-state index is 0.536. The SMILES string of the molecule is CCCn1ccnc1C(O)c1cccc(OC)c1OC. The maximum atomic E-state index is 10.6. The highest BCUT2D eigenvalue weighted by Crippen LogP contribution is 2.36. The molecule has 0 bridgehead atoms. The summed E-state index contributed by atoms with van der Waals surface area (Å²) in [6.07, 6.45) is 3.70. The molecule has 0 radical (unpaired) electrons. The van der Waals surface area contributed by atoms with Gasteiger partial charge < -0.3 is 19.1 Å². The minimum Gasteiger partial charge on any atom is -0.493 e. The van der Waals surface area contributed by atoms with E-state index in [-0.39, 0.29) is 0 Å². The van der Waals surface area contributed by atoms with E-state index in [4.69, 9.17) is 9.47 Å². The molecule has 5 heteroatoms. The first-order chi connectivity index (χ1) is 9.72. The summed E-state index contributed by atoms with van der Waals surface area (Å²) in [4.78, 5) is 4.26. The van der Waals surface area contributed by atoms with Crippen LogP contribution in [0.4, 0.5) is 0 Å². The van der Waals surface area contributed by atoms with Crippen molar-refractivity contribution in [2.45, 2.75) is 26.0 Å². The van der Waals surface area contributed by atoms with Crippen LogP contribution in [-0.4, -0.2) is 28.9 Å². The van der Waals surface area contributed by atoms with Crippen molar-refractivity contribution in [1.29, 1.82) is 0 Å². The Labute approximate surface area is 118 Å². The highest BCUT2D eigenvalue weighted by molar-refractivity contribution is 5.48. The molecule has 0 saturated heterocycles. The van der Waals surface area contributed by atoms with E-state index < -0.39 is 6.10 Å². The van der Waals surface area contributed by atoms with Gasteiger partial charge in [-0.25, -0.2) is 4.98 Å². The van der Waals surface area contributed by atoms with E-state index in [1.165, 1.54) is 0 Å². The number of aromatic nitrogens is 2. The van der Waals surface area contributed by atoms with Gasteiger partial charge in [0.1, 0.15) is 11.9 Å². The number of hydrogen-bond acceptors (Lipinski definition) is 4. The average molecular weight is 276 g/mol. The van der Waals surface area contributed by atoms with Crippen LogP contribution in [0.25, 0.3) is 0 Å². The zero-order valence-electron chi connectivity index (χ0n) is 12.0. The second-order valence-corrected chi connectivity index (χ2v) is 4.46. The van der Waals surface area contributed by atoms with Crippen molar-refractivity contribution in [2.75, 3.05) is 14.2 Å². The van der Waals surface area contributed by atoms with Crippen molar-refractivity contribution in [3.05, 3.63) is 42.0 Å². The Bertz CT molecular complexity index is 566. The van der Waals surface area contributed by atoms with Crippen LogP contribution >= 0.6 is 0 Å². The summed E-state index contributed by atoms with van der Waals surface area (Å²) in [6.45, 7) is 2.90. The molecule has 0 amide bonds. The highest BCUT2D eigenvalue weighted by atomic mass is 16.5. The third kappa shape index (κ3) is 2.63. The summed E-state index contributed by atoms with van der Waals surface area (Å²) in [7, 11) is 3.14. The van der Waals surface area contributed by atoms with E-state index in [2.05, 4.69) is 11.9 Å². The fraction of sp³-hybridized carbons (Fsp3) is 0.400. The van der Waals surface area contributed by atoms with Gasteiger partial charge in [0.25, 0.3) is 0 Å². The number of methoxy groups -OCH3 is 2. The van der Waals surface area contributed by atoms with E-state index in [9.17, 15) is 5.11 Å². The van der Waals surface area contributed by atoms with Crippen molar-refractivity contribution in [3.8, 4) is 11.5 Å². The summed E-state index contributed by atoms with van der Waals surface area (Å²) in [5.74, 6) is 1.74. The highest BCUT2D eigenvalue weighted by Gasteiger charge is 2.22. The first-order valence-corrected chi connectivity index (χ1v) is 6.62. The van der Waals surface area contributed by atoms with Crippen LogP contribution in [0.1, 0.15) is 30.8 Å². The molecule has 0 spiro atoms. The van der Waals surface area contributed by atoms with Crippen LogP contribution < -0.4 is 9.47 Å². The molecular weight excluding hydrogens is 256 g/mol. The number of rotatable bonds is 6. The van der Waals surface area contributed by atoms with Gasteiger partial charge in [-0.15, -0.1) is 0 Å². The van der Waals surface area contributed by atoms with Gasteiger partial charge in [0.05, 0.1) is 14.2 Å². The molecule has 0 fully saturated rings. The lowest BCUT2D eigenvalue weighted by atomic mass is 10.1. The molecule has 1 N–H and O–H groups in total. The Morgan fingerprint density at radius 2 is 2.10 bits per heavy atom. The fourth-order valence-corrected chi connectivity index (χ4v) is 2.26. The maximum absolute atomic E-state index is 10.6. The molecule has 1 aromatic carbocycles. The van der Waals surface area contributed by atoms with Crippen LogP contribution in [-0.2, 0) is 6.54 Å². The van der Waals surface area contributed by atoms with Gasteiger partial charge in [-0.3, -0.25) is 0 Å². The van der Waals surface area contributed by atoms with E-state index in [0.717, 1.165) is 13.0 Å². The second kappa shape index (κ2) is 6.43. The quantitative estimate of drug-likeness (QED) is 0.880. The number of aliphatic hydroxyl groups excluding tert-OH is 1. The zero-order valence-corrected chi connectivity index (χ0v) is 12.0. The minimum atomic E-state index is -0.846. The van der Waals surface area contributed by atoms with Crippen LogP contribution in [0.5, 0.6) is 11.5 Å². The summed E-state index contributed by atoms with van der Waals surface area (Å²) in [5.41, 5.74) is 0.649. The first-order valence-electron chi connectivity index (χ1n) is 6.62. The van der Waals surface area contributed by atoms with Gasteiger partial charge in [-0.2, -0.15) is 0 Å². The van der Waals surface area contributed by atoms with Gasteiger partial charge in [0, 0.05) is 24.5 Å². The Morgan fingerprint density at radius 1 is 1.30 bits per heavy atom. The number of ether oxygens (including phenoxy) is 2. The zero-order chi connectivity index (χ0) is 14.5. The molecule has 2 aromatic rings. The normalized spacial score (nSPS) is 12.2. The Balaban J connectivity index is 2.42. The van der Waals surface area contributed by atoms with Gasteiger partial charge in [-0.05, 0) is 12.5 Å². The molecule has 108 valence electrons. The molecule has 1 atom stereocenters. The Kier molecular flexibility index (Phi) is 4.63. The summed E-state index contributed by atoms with van der Waals surface area (Å²) in [6, 6.07) is 5.44. The van der Waals surface area contributed by atoms with Gasteiger partial charge in [0.15, 0.2) is 11.5 Å². The maximum Gasteiger partial charge on any atom is 0.166 e. The predicted molar refractivity (Wildman–Crippen MR) is 76.1 cm³/mol. The summed E-state index contributed by atoms with van der Waals surface area (Å²) < 4.78 is 12.6. The molecule has 2 rings (SSSR count). The molecule has 0 aliphatic carbocycles. The number of aliphatic hydroxyl groups is 1. The number of nitrogens with zero attached hydrogens (tertiary/aromatic N) is 2. The lowest BCUT2D eigenvalue weighted by molar-refractivity contribution is 0.198. The third-order valence-corrected chi connectivity index (χ3v) is 3.18. The second-order valence-electron chi connectivity index (χ2n) is 4.46. The smallest absolute Gasteiger partial charge is 0.166 e. The third-order valence-electron chi connectivity index (χ3n) is 3.18. The lowest BCUT2D eigenvalue weighted by Crippen LogP contribution is -2.11. The van der Waals surface area contributed by atoms with Crippen LogP contribution in [0.15, 0.2) is 30.6 Å². The van der Waals surface area contributed by atoms with Gasteiger partial charge >= 0.3 is 0 Å². The lowest BCUT2D eigenvalue weighted by Gasteiger charge is -2.17. The predicted octanol–water partition coefficient (Wildman–Crippen LogP) is 2.39. The molecule has 20 heavy (non-hydrogen) atoms. The Morgan fingerprint density at radius 3 is 2.75 bits per heavy atom. The Hall–Kier alpha value is -2.01. The van der Waals surface area contributed by atoms with Crippen molar-refractivity contribution >= 4 is 0 Å². The van der Waals surface area contributed by atoms with Gasteiger partial charge in [0.2, 0.25) is 0 Å². The number of para-hydroxylation sites is 1. The van der Waals surface area contributed by atoms with E-state index >= 15 is 0 Å². The molecule has 1 aromatic heterocycles. The van der Waals surface area contributed by atoms with Crippen LogP contribution in [0, 0.1) is 0 Å². The van der Waals surface area contributed by atoms with Crippen LogP contribution in [0.2, 0.25) is 0 Å². The topological polar surface area (TPSA) is 56.5 Å². The van der Waals surface area contributed by atoms with E-state index in [0.29, 0.717) is 22.9 Å². The number of aryl methyl sites for hydroxylation is 1. The van der Waals surface area contributed by atoms with Crippen molar-refractivity contribution < 1.29 is 14.6 Å². The molecule has 5 nitrogen and oxygen atoms in total. The first kappa shape index (κ1) is 14.4. The number of imidazole rings is 1. The van der Waals surface area contributed by atoms with Crippen LogP contribution in [0.3, 0.4) is 0 Å².